The molecule has 3 N–H and O–H groups in total. The molecule has 160 valence electrons. The third-order valence-electron chi connectivity index (χ3n) is 4.49. The van der Waals surface area contributed by atoms with E-state index in [-0.39, 0.29) is 10.5 Å². The summed E-state index contributed by atoms with van der Waals surface area (Å²) in [5.74, 6) is -2.10. The zero-order valence-electron chi connectivity index (χ0n) is 16.0. The molecule has 3 rings (SSSR count). The SMILES string of the molecule is O=C(COC(=O)c1cc(O)[nH]c(=O)c1)Nc1ccc(S(=O)(=O)N2CCCCC2)cc1. The molecule has 0 bridgehead atoms. The van der Waals surface area contributed by atoms with E-state index in [0.29, 0.717) is 18.8 Å². The van der Waals surface area contributed by atoms with E-state index in [4.69, 9.17) is 4.74 Å². The van der Waals surface area contributed by atoms with Gasteiger partial charge in [-0.2, -0.15) is 4.31 Å². The van der Waals surface area contributed by atoms with Crippen molar-refractivity contribution in [2.24, 2.45) is 0 Å². The van der Waals surface area contributed by atoms with Gasteiger partial charge < -0.3 is 15.2 Å². The molecule has 1 saturated heterocycles. The van der Waals surface area contributed by atoms with Gasteiger partial charge in [-0.05, 0) is 37.1 Å². The van der Waals surface area contributed by atoms with Crippen LogP contribution in [0.15, 0.2) is 46.1 Å². The highest BCUT2D eigenvalue weighted by Gasteiger charge is 2.25. The monoisotopic (exact) mass is 435 g/mol. The highest BCUT2D eigenvalue weighted by molar-refractivity contribution is 7.89. The van der Waals surface area contributed by atoms with Gasteiger partial charge in [0.1, 0.15) is 0 Å². The number of aromatic hydroxyl groups is 1. The number of carbonyl (C=O) groups is 2. The Bertz CT molecular complexity index is 1090. The molecule has 1 fully saturated rings. The first-order chi connectivity index (χ1) is 14.3. The molecule has 2 heterocycles. The Morgan fingerprint density at radius 1 is 1.10 bits per heavy atom. The van der Waals surface area contributed by atoms with Crippen molar-refractivity contribution in [3.63, 3.8) is 0 Å². The number of benzene rings is 1. The van der Waals surface area contributed by atoms with Crippen LogP contribution in [0.1, 0.15) is 29.6 Å². The highest BCUT2D eigenvalue weighted by Crippen LogP contribution is 2.22. The molecule has 0 unspecified atom stereocenters. The van der Waals surface area contributed by atoms with Crippen LogP contribution in [-0.4, -0.2) is 54.4 Å². The number of nitrogens with one attached hydrogen (secondary N) is 2. The summed E-state index contributed by atoms with van der Waals surface area (Å²) in [6.07, 6.45) is 2.69. The van der Waals surface area contributed by atoms with Gasteiger partial charge in [-0.1, -0.05) is 6.42 Å². The van der Waals surface area contributed by atoms with Gasteiger partial charge in [0.2, 0.25) is 10.0 Å². The number of nitrogens with zero attached hydrogens (tertiary/aromatic N) is 1. The zero-order valence-corrected chi connectivity index (χ0v) is 16.8. The Morgan fingerprint density at radius 2 is 1.77 bits per heavy atom. The lowest BCUT2D eigenvalue weighted by atomic mass is 10.2. The van der Waals surface area contributed by atoms with Crippen LogP contribution >= 0.6 is 0 Å². The average Bonchev–Trinajstić information content (AvgIpc) is 2.72. The molecular formula is C19H21N3O7S. The fourth-order valence-corrected chi connectivity index (χ4v) is 4.54. The van der Waals surface area contributed by atoms with Crippen LogP contribution in [0.4, 0.5) is 5.69 Å². The van der Waals surface area contributed by atoms with Crippen molar-refractivity contribution >= 4 is 27.6 Å². The van der Waals surface area contributed by atoms with Crippen LogP contribution < -0.4 is 10.9 Å². The molecule has 1 aromatic heterocycles. The zero-order chi connectivity index (χ0) is 21.7. The number of amides is 1. The smallest absolute Gasteiger partial charge is 0.339 e. The van der Waals surface area contributed by atoms with Crippen LogP contribution in [0.3, 0.4) is 0 Å². The van der Waals surface area contributed by atoms with Crippen molar-refractivity contribution in [2.75, 3.05) is 25.0 Å². The second-order valence-electron chi connectivity index (χ2n) is 6.73. The molecule has 1 aliphatic rings. The molecule has 0 radical (unpaired) electrons. The Hall–Kier alpha value is -3.18. The average molecular weight is 435 g/mol. The number of aromatic nitrogens is 1. The molecule has 10 nitrogen and oxygen atoms in total. The predicted molar refractivity (Wildman–Crippen MR) is 107 cm³/mol. The summed E-state index contributed by atoms with van der Waals surface area (Å²) >= 11 is 0. The molecule has 0 atom stereocenters. The number of hydrogen-bond acceptors (Lipinski definition) is 7. The Balaban J connectivity index is 1.56. The molecular weight excluding hydrogens is 414 g/mol. The quantitative estimate of drug-likeness (QED) is 0.575. The summed E-state index contributed by atoms with van der Waals surface area (Å²) in [4.78, 5) is 37.3. The number of pyridine rings is 1. The fraction of sp³-hybridized carbons (Fsp3) is 0.316. The van der Waals surface area contributed by atoms with Crippen LogP contribution in [0.5, 0.6) is 5.88 Å². The van der Waals surface area contributed by atoms with Crippen molar-refractivity contribution in [1.82, 2.24) is 9.29 Å². The minimum absolute atomic E-state index is 0.142. The first kappa shape index (κ1) is 21.5. The van der Waals surface area contributed by atoms with Gasteiger partial charge in [-0.3, -0.25) is 14.6 Å². The maximum atomic E-state index is 12.6. The molecule has 0 spiro atoms. The molecule has 0 saturated carbocycles. The van der Waals surface area contributed by atoms with E-state index in [2.05, 4.69) is 10.3 Å². The largest absolute Gasteiger partial charge is 0.494 e. The second-order valence-corrected chi connectivity index (χ2v) is 8.67. The van der Waals surface area contributed by atoms with Gasteiger partial charge in [0.25, 0.3) is 11.5 Å². The van der Waals surface area contributed by atoms with E-state index in [0.717, 1.165) is 31.4 Å². The summed E-state index contributed by atoms with van der Waals surface area (Å²) < 4.78 is 31.5. The van der Waals surface area contributed by atoms with E-state index in [9.17, 15) is 27.9 Å². The summed E-state index contributed by atoms with van der Waals surface area (Å²) in [6, 6.07) is 7.65. The Morgan fingerprint density at radius 3 is 2.40 bits per heavy atom. The summed E-state index contributed by atoms with van der Waals surface area (Å²) in [5.41, 5.74) is -0.551. The topological polar surface area (TPSA) is 146 Å². The van der Waals surface area contributed by atoms with Crippen LogP contribution in [0, 0.1) is 0 Å². The lowest BCUT2D eigenvalue weighted by molar-refractivity contribution is -0.119. The van der Waals surface area contributed by atoms with E-state index < -0.39 is 39.9 Å². The lowest BCUT2D eigenvalue weighted by Gasteiger charge is -2.25. The molecule has 2 aromatic rings. The first-order valence-electron chi connectivity index (χ1n) is 9.26. The molecule has 0 aliphatic carbocycles. The maximum Gasteiger partial charge on any atom is 0.339 e. The Kier molecular flexibility index (Phi) is 6.53. The van der Waals surface area contributed by atoms with Crippen molar-refractivity contribution in [3.05, 3.63) is 52.3 Å². The minimum Gasteiger partial charge on any atom is -0.494 e. The molecule has 30 heavy (non-hydrogen) atoms. The van der Waals surface area contributed by atoms with E-state index in [1.807, 2.05) is 0 Å². The van der Waals surface area contributed by atoms with E-state index in [1.54, 1.807) is 0 Å². The third kappa shape index (κ3) is 5.24. The van der Waals surface area contributed by atoms with Crippen molar-refractivity contribution in [2.45, 2.75) is 24.2 Å². The third-order valence-corrected chi connectivity index (χ3v) is 6.40. The number of piperidine rings is 1. The van der Waals surface area contributed by atoms with Crippen molar-refractivity contribution in [1.29, 1.82) is 0 Å². The predicted octanol–water partition coefficient (Wildman–Crippen LogP) is 1.05. The number of anilines is 1. The first-order valence-corrected chi connectivity index (χ1v) is 10.7. The molecule has 1 aliphatic heterocycles. The number of esters is 1. The van der Waals surface area contributed by atoms with Gasteiger partial charge in [0.15, 0.2) is 12.5 Å². The summed E-state index contributed by atoms with van der Waals surface area (Å²) in [5, 5.41) is 11.8. The number of aromatic amines is 1. The van der Waals surface area contributed by atoms with Gasteiger partial charge in [0.05, 0.1) is 10.5 Å². The number of sulfonamides is 1. The maximum absolute atomic E-state index is 12.6. The second kappa shape index (κ2) is 9.09. The van der Waals surface area contributed by atoms with Crippen molar-refractivity contribution < 1.29 is 27.9 Å². The number of carbonyl (C=O) groups excluding carboxylic acids is 2. The standard InChI is InChI=1S/C19H21N3O7S/c23-16-10-13(11-17(24)21-16)19(26)29-12-18(25)20-14-4-6-15(7-5-14)30(27,28)22-8-2-1-3-9-22/h4-7,10-11H,1-3,8-9,12H2,(H,20,25)(H2,21,23,24). The normalized spacial score (nSPS) is 14.8. The minimum atomic E-state index is -3.56. The van der Waals surface area contributed by atoms with Crippen LogP contribution in [0.2, 0.25) is 0 Å². The van der Waals surface area contributed by atoms with E-state index >= 15 is 0 Å². The van der Waals surface area contributed by atoms with Gasteiger partial charge in [-0.15, -0.1) is 0 Å². The van der Waals surface area contributed by atoms with Crippen molar-refractivity contribution in [3.8, 4) is 5.88 Å². The summed E-state index contributed by atoms with van der Waals surface area (Å²) in [7, 11) is -3.56. The lowest BCUT2D eigenvalue weighted by Crippen LogP contribution is -2.35. The van der Waals surface area contributed by atoms with Gasteiger partial charge >= 0.3 is 5.97 Å². The summed E-state index contributed by atoms with van der Waals surface area (Å²) in [6.45, 7) is 0.370. The number of H-pyrrole nitrogens is 1. The van der Waals surface area contributed by atoms with Gasteiger partial charge in [0, 0.05) is 30.9 Å². The Labute approximate surface area is 172 Å². The molecule has 11 heteroatoms. The molecule has 1 aromatic carbocycles. The van der Waals surface area contributed by atoms with Gasteiger partial charge in [-0.25, -0.2) is 13.2 Å². The van der Waals surface area contributed by atoms with Crippen LogP contribution in [0.25, 0.3) is 0 Å². The fourth-order valence-electron chi connectivity index (χ4n) is 3.02. The molecule has 1 amide bonds. The highest BCUT2D eigenvalue weighted by atomic mass is 32.2. The number of hydrogen-bond donors (Lipinski definition) is 3. The van der Waals surface area contributed by atoms with E-state index in [1.165, 1.54) is 28.6 Å². The number of rotatable bonds is 6. The number of ether oxygens (including phenoxy) is 1. The van der Waals surface area contributed by atoms with Crippen LogP contribution in [-0.2, 0) is 19.6 Å².